The first-order chi connectivity index (χ1) is 13.0. The lowest BCUT2D eigenvalue weighted by molar-refractivity contribution is 0.308. The van der Waals surface area contributed by atoms with Crippen LogP contribution in [0.2, 0.25) is 0 Å². The van der Waals surface area contributed by atoms with E-state index in [1.165, 1.54) is 5.56 Å². The summed E-state index contributed by atoms with van der Waals surface area (Å²) in [6.45, 7) is 3.85. The van der Waals surface area contributed by atoms with Crippen LogP contribution in [0.25, 0.3) is 11.3 Å². The van der Waals surface area contributed by atoms with E-state index >= 15 is 0 Å². The first-order valence-corrected chi connectivity index (χ1v) is 10.3. The van der Waals surface area contributed by atoms with Gasteiger partial charge in [-0.05, 0) is 31.5 Å². The smallest absolute Gasteiger partial charge is 0.232 e. The minimum Gasteiger partial charge on any atom is -0.476 e. The van der Waals surface area contributed by atoms with Gasteiger partial charge < -0.3 is 4.74 Å². The highest BCUT2D eigenvalue weighted by atomic mass is 32.2. The molecule has 1 heterocycles. The Morgan fingerprint density at radius 1 is 0.963 bits per heavy atom. The van der Waals surface area contributed by atoms with Gasteiger partial charge in [0.15, 0.2) is 9.84 Å². The third kappa shape index (κ3) is 4.71. The molecule has 0 saturated heterocycles. The number of rotatable bonds is 7. The number of ether oxygens (including phenoxy) is 1. The van der Waals surface area contributed by atoms with E-state index < -0.39 is 15.1 Å². The zero-order chi connectivity index (χ0) is 19.3. The van der Waals surface area contributed by atoms with Crippen LogP contribution in [0.5, 0.6) is 5.88 Å². The van der Waals surface area contributed by atoms with E-state index in [9.17, 15) is 8.42 Å². The average molecular weight is 382 g/mol. The van der Waals surface area contributed by atoms with Gasteiger partial charge in [0.25, 0.3) is 0 Å². The Balaban J connectivity index is 1.70. The van der Waals surface area contributed by atoms with Crippen molar-refractivity contribution in [3.8, 4) is 17.1 Å². The SMILES string of the molecule is CC(C)S(=O)(=O)c1ccc(-c2cncc(OCCc3ccccc3)n2)cc1. The first-order valence-electron chi connectivity index (χ1n) is 8.80. The molecule has 0 aliphatic heterocycles. The minimum absolute atomic E-state index is 0.310. The van der Waals surface area contributed by atoms with Crippen molar-refractivity contribution in [1.29, 1.82) is 0 Å². The fourth-order valence-electron chi connectivity index (χ4n) is 2.56. The summed E-state index contributed by atoms with van der Waals surface area (Å²) in [5.74, 6) is 0.447. The Hall–Kier alpha value is -2.73. The third-order valence-electron chi connectivity index (χ3n) is 4.20. The number of sulfone groups is 1. The Labute approximate surface area is 160 Å². The summed E-state index contributed by atoms with van der Waals surface area (Å²) < 4.78 is 30.2. The molecule has 0 spiro atoms. The Morgan fingerprint density at radius 2 is 1.67 bits per heavy atom. The summed E-state index contributed by atoms with van der Waals surface area (Å²) >= 11 is 0. The maximum absolute atomic E-state index is 12.2. The Kier molecular flexibility index (Phi) is 5.86. The maximum atomic E-state index is 12.2. The number of nitrogens with zero attached hydrogens (tertiary/aromatic N) is 2. The van der Waals surface area contributed by atoms with Gasteiger partial charge in [0.05, 0.1) is 34.8 Å². The quantitative estimate of drug-likeness (QED) is 0.619. The van der Waals surface area contributed by atoms with Crippen LogP contribution in [-0.2, 0) is 16.3 Å². The van der Waals surface area contributed by atoms with E-state index in [4.69, 9.17) is 4.74 Å². The van der Waals surface area contributed by atoms with Crippen LogP contribution in [0.4, 0.5) is 0 Å². The van der Waals surface area contributed by atoms with Gasteiger partial charge in [-0.25, -0.2) is 13.4 Å². The normalized spacial score (nSPS) is 11.5. The van der Waals surface area contributed by atoms with Crippen molar-refractivity contribution in [2.45, 2.75) is 30.4 Å². The molecule has 0 unspecified atom stereocenters. The highest BCUT2D eigenvalue weighted by Gasteiger charge is 2.18. The van der Waals surface area contributed by atoms with Gasteiger partial charge in [0.2, 0.25) is 5.88 Å². The molecule has 0 aliphatic rings. The molecule has 0 fully saturated rings. The summed E-state index contributed by atoms with van der Waals surface area (Å²) in [5.41, 5.74) is 2.63. The minimum atomic E-state index is -3.28. The van der Waals surface area contributed by atoms with Crippen LogP contribution in [0.15, 0.2) is 71.9 Å². The fourth-order valence-corrected chi connectivity index (χ4v) is 3.62. The first kappa shape index (κ1) is 19.0. The second-order valence-corrected chi connectivity index (χ2v) is 8.95. The van der Waals surface area contributed by atoms with Gasteiger partial charge in [-0.15, -0.1) is 0 Å². The standard InChI is InChI=1S/C21H22N2O3S/c1-16(2)27(24,25)19-10-8-18(9-11-19)20-14-22-15-21(23-20)26-13-12-17-6-4-3-5-7-17/h3-11,14-16H,12-13H2,1-2H3. The second kappa shape index (κ2) is 8.31. The molecule has 0 aliphatic carbocycles. The monoisotopic (exact) mass is 382 g/mol. The lowest BCUT2D eigenvalue weighted by Crippen LogP contribution is -2.13. The highest BCUT2D eigenvalue weighted by Crippen LogP contribution is 2.22. The molecule has 1 aromatic heterocycles. The summed E-state index contributed by atoms with van der Waals surface area (Å²) in [6, 6.07) is 16.8. The number of hydrogen-bond donors (Lipinski definition) is 0. The molecule has 140 valence electrons. The van der Waals surface area contributed by atoms with Crippen molar-refractivity contribution in [3.05, 3.63) is 72.6 Å². The van der Waals surface area contributed by atoms with E-state index in [1.807, 2.05) is 18.2 Å². The molecule has 0 N–H and O–H groups in total. The Bertz CT molecular complexity index is 985. The van der Waals surface area contributed by atoms with Gasteiger partial charge in [-0.2, -0.15) is 0 Å². The molecule has 5 nitrogen and oxygen atoms in total. The number of hydrogen-bond acceptors (Lipinski definition) is 5. The summed E-state index contributed by atoms with van der Waals surface area (Å²) in [4.78, 5) is 8.96. The number of benzene rings is 2. The number of aromatic nitrogens is 2. The highest BCUT2D eigenvalue weighted by molar-refractivity contribution is 7.92. The van der Waals surface area contributed by atoms with E-state index in [-0.39, 0.29) is 0 Å². The van der Waals surface area contributed by atoms with Crippen LogP contribution >= 0.6 is 0 Å². The maximum Gasteiger partial charge on any atom is 0.232 e. The predicted molar refractivity (Wildman–Crippen MR) is 105 cm³/mol. The molecule has 3 aromatic rings. The van der Waals surface area contributed by atoms with Crippen molar-refractivity contribution >= 4 is 9.84 Å². The summed E-state index contributed by atoms with van der Waals surface area (Å²) in [6.07, 6.45) is 4.00. The second-order valence-electron chi connectivity index (χ2n) is 6.44. The van der Waals surface area contributed by atoms with Crippen molar-refractivity contribution in [2.24, 2.45) is 0 Å². The van der Waals surface area contributed by atoms with Crippen LogP contribution in [0.3, 0.4) is 0 Å². The topological polar surface area (TPSA) is 69.2 Å². The molecule has 6 heteroatoms. The molecule has 0 amide bonds. The van der Waals surface area contributed by atoms with Crippen LogP contribution in [0, 0.1) is 0 Å². The molecule has 0 bridgehead atoms. The molecule has 3 rings (SSSR count). The molecule has 0 saturated carbocycles. The van der Waals surface area contributed by atoms with Gasteiger partial charge >= 0.3 is 0 Å². The van der Waals surface area contributed by atoms with Gasteiger partial charge in [0.1, 0.15) is 0 Å². The van der Waals surface area contributed by atoms with Crippen molar-refractivity contribution in [3.63, 3.8) is 0 Å². The third-order valence-corrected chi connectivity index (χ3v) is 6.37. The molecular weight excluding hydrogens is 360 g/mol. The lowest BCUT2D eigenvalue weighted by atomic mass is 10.2. The zero-order valence-corrected chi connectivity index (χ0v) is 16.2. The van der Waals surface area contributed by atoms with Crippen molar-refractivity contribution < 1.29 is 13.2 Å². The average Bonchev–Trinajstić information content (AvgIpc) is 2.69. The van der Waals surface area contributed by atoms with E-state index in [1.54, 1.807) is 50.5 Å². The van der Waals surface area contributed by atoms with E-state index in [0.717, 1.165) is 12.0 Å². The lowest BCUT2D eigenvalue weighted by Gasteiger charge is -2.09. The predicted octanol–water partition coefficient (Wildman–Crippen LogP) is 3.95. The largest absolute Gasteiger partial charge is 0.476 e. The molecule has 2 aromatic carbocycles. The van der Waals surface area contributed by atoms with Crippen LogP contribution in [-0.4, -0.2) is 30.2 Å². The van der Waals surface area contributed by atoms with E-state index in [0.29, 0.717) is 23.1 Å². The molecule has 0 atom stereocenters. The molecule has 0 radical (unpaired) electrons. The summed E-state index contributed by atoms with van der Waals surface area (Å²) in [5, 5.41) is -0.454. The van der Waals surface area contributed by atoms with Crippen molar-refractivity contribution in [2.75, 3.05) is 6.61 Å². The fraction of sp³-hybridized carbons (Fsp3) is 0.238. The van der Waals surface area contributed by atoms with Crippen LogP contribution in [0.1, 0.15) is 19.4 Å². The molecule has 27 heavy (non-hydrogen) atoms. The molecular formula is C21H22N2O3S. The summed E-state index contributed by atoms with van der Waals surface area (Å²) in [7, 11) is -3.28. The van der Waals surface area contributed by atoms with Crippen molar-refractivity contribution in [1.82, 2.24) is 9.97 Å². The zero-order valence-electron chi connectivity index (χ0n) is 15.4. The Morgan fingerprint density at radius 3 is 2.33 bits per heavy atom. The van der Waals surface area contributed by atoms with Gasteiger partial charge in [-0.1, -0.05) is 42.5 Å². The van der Waals surface area contributed by atoms with E-state index in [2.05, 4.69) is 22.1 Å². The van der Waals surface area contributed by atoms with Crippen LogP contribution < -0.4 is 4.74 Å². The van der Waals surface area contributed by atoms with Gasteiger partial charge in [0, 0.05) is 12.0 Å². The van der Waals surface area contributed by atoms with Gasteiger partial charge in [-0.3, -0.25) is 4.98 Å².